The second kappa shape index (κ2) is 5.33. The van der Waals surface area contributed by atoms with Crippen LogP contribution < -0.4 is 5.32 Å². The zero-order valence-electron chi connectivity index (χ0n) is 10.3. The third kappa shape index (κ3) is 3.08. The lowest BCUT2D eigenvalue weighted by molar-refractivity contribution is 0.591. The Morgan fingerprint density at radius 3 is 2.65 bits per heavy atom. The van der Waals surface area contributed by atoms with Crippen molar-refractivity contribution in [3.8, 4) is 10.8 Å². The van der Waals surface area contributed by atoms with E-state index in [1.54, 1.807) is 23.7 Å². The number of nitrogens with one attached hydrogen (secondary N) is 1. The van der Waals surface area contributed by atoms with Gasteiger partial charge in [0, 0.05) is 29.9 Å². The van der Waals surface area contributed by atoms with Gasteiger partial charge in [0.2, 0.25) is 0 Å². The number of rotatable bonds is 4. The van der Waals surface area contributed by atoms with E-state index < -0.39 is 0 Å². The molecule has 0 bridgehead atoms. The van der Waals surface area contributed by atoms with Crippen LogP contribution in [0.1, 0.15) is 24.4 Å². The quantitative estimate of drug-likeness (QED) is 0.902. The SMILES string of the molecule is Cc1nc(-c2ncccn2)sc1CNC(C)C. The lowest BCUT2D eigenvalue weighted by Gasteiger charge is -2.05. The van der Waals surface area contributed by atoms with Crippen LogP contribution in [-0.2, 0) is 6.54 Å². The van der Waals surface area contributed by atoms with Gasteiger partial charge in [-0.25, -0.2) is 15.0 Å². The van der Waals surface area contributed by atoms with E-state index in [4.69, 9.17) is 0 Å². The van der Waals surface area contributed by atoms with Gasteiger partial charge in [-0.3, -0.25) is 0 Å². The first-order valence-corrected chi connectivity index (χ1v) is 6.45. The zero-order valence-corrected chi connectivity index (χ0v) is 11.1. The second-order valence-corrected chi connectivity index (χ2v) is 5.22. The molecule has 0 fully saturated rings. The van der Waals surface area contributed by atoms with Crippen LogP contribution in [-0.4, -0.2) is 21.0 Å². The number of thiazole rings is 1. The fourth-order valence-corrected chi connectivity index (χ4v) is 2.36. The van der Waals surface area contributed by atoms with E-state index in [0.717, 1.165) is 17.2 Å². The van der Waals surface area contributed by atoms with Crippen LogP contribution in [0.4, 0.5) is 0 Å². The van der Waals surface area contributed by atoms with Crippen molar-refractivity contribution in [3.63, 3.8) is 0 Å². The van der Waals surface area contributed by atoms with Crippen molar-refractivity contribution in [2.24, 2.45) is 0 Å². The van der Waals surface area contributed by atoms with Gasteiger partial charge >= 0.3 is 0 Å². The summed E-state index contributed by atoms with van der Waals surface area (Å²) in [5.41, 5.74) is 1.06. The van der Waals surface area contributed by atoms with E-state index in [2.05, 4.69) is 34.1 Å². The summed E-state index contributed by atoms with van der Waals surface area (Å²) >= 11 is 1.66. The number of aryl methyl sites for hydroxylation is 1. The maximum Gasteiger partial charge on any atom is 0.188 e. The van der Waals surface area contributed by atoms with Crippen LogP contribution in [0.2, 0.25) is 0 Å². The van der Waals surface area contributed by atoms with Crippen molar-refractivity contribution in [1.82, 2.24) is 20.3 Å². The van der Waals surface area contributed by atoms with Crippen molar-refractivity contribution in [2.45, 2.75) is 33.4 Å². The summed E-state index contributed by atoms with van der Waals surface area (Å²) in [6.45, 7) is 7.16. The van der Waals surface area contributed by atoms with Crippen LogP contribution in [0.25, 0.3) is 10.8 Å². The van der Waals surface area contributed by atoms with Crippen molar-refractivity contribution >= 4 is 11.3 Å². The zero-order chi connectivity index (χ0) is 12.3. The van der Waals surface area contributed by atoms with Gasteiger partial charge in [-0.05, 0) is 13.0 Å². The van der Waals surface area contributed by atoms with Crippen LogP contribution in [0.5, 0.6) is 0 Å². The molecule has 0 amide bonds. The molecule has 0 saturated heterocycles. The number of hydrogen-bond donors (Lipinski definition) is 1. The monoisotopic (exact) mass is 248 g/mol. The number of aromatic nitrogens is 3. The molecule has 2 aromatic heterocycles. The molecule has 0 atom stereocenters. The predicted octanol–water partition coefficient (Wildman–Crippen LogP) is 2.41. The topological polar surface area (TPSA) is 50.7 Å². The normalized spacial score (nSPS) is 11.1. The minimum absolute atomic E-state index is 0.480. The summed E-state index contributed by atoms with van der Waals surface area (Å²) in [4.78, 5) is 14.2. The highest BCUT2D eigenvalue weighted by atomic mass is 32.1. The first kappa shape index (κ1) is 12.1. The molecule has 0 radical (unpaired) electrons. The van der Waals surface area contributed by atoms with E-state index in [9.17, 15) is 0 Å². The van der Waals surface area contributed by atoms with Gasteiger partial charge in [0.15, 0.2) is 10.8 Å². The van der Waals surface area contributed by atoms with Gasteiger partial charge in [0.05, 0.1) is 5.69 Å². The molecule has 5 heteroatoms. The summed E-state index contributed by atoms with van der Waals surface area (Å²) in [6, 6.07) is 2.29. The Hall–Kier alpha value is -1.33. The maximum atomic E-state index is 4.51. The molecule has 0 aliphatic heterocycles. The standard InChI is InChI=1S/C12H16N4S/c1-8(2)15-7-10-9(3)16-12(17-10)11-13-5-4-6-14-11/h4-6,8,15H,7H2,1-3H3. The van der Waals surface area contributed by atoms with Crippen LogP contribution >= 0.6 is 11.3 Å². The van der Waals surface area contributed by atoms with Crippen LogP contribution in [0, 0.1) is 6.92 Å². The predicted molar refractivity (Wildman–Crippen MR) is 69.9 cm³/mol. The molecule has 90 valence electrons. The minimum atomic E-state index is 0.480. The molecule has 0 spiro atoms. The Balaban J connectivity index is 2.19. The Kier molecular flexibility index (Phi) is 3.81. The molecule has 0 aliphatic carbocycles. The summed E-state index contributed by atoms with van der Waals surface area (Å²) < 4.78 is 0. The number of hydrogen-bond acceptors (Lipinski definition) is 5. The Morgan fingerprint density at radius 2 is 2.00 bits per heavy atom. The largest absolute Gasteiger partial charge is 0.310 e. The molecular weight excluding hydrogens is 232 g/mol. The Labute approximate surface area is 105 Å². The average Bonchev–Trinajstić information content (AvgIpc) is 2.69. The highest BCUT2D eigenvalue weighted by Gasteiger charge is 2.10. The van der Waals surface area contributed by atoms with Gasteiger partial charge in [-0.15, -0.1) is 11.3 Å². The molecule has 0 aromatic carbocycles. The van der Waals surface area contributed by atoms with Gasteiger partial charge in [0.1, 0.15) is 0 Å². The van der Waals surface area contributed by atoms with E-state index in [0.29, 0.717) is 11.9 Å². The lowest BCUT2D eigenvalue weighted by atomic mass is 10.3. The molecule has 4 nitrogen and oxygen atoms in total. The van der Waals surface area contributed by atoms with Crippen molar-refractivity contribution in [1.29, 1.82) is 0 Å². The van der Waals surface area contributed by atoms with Crippen molar-refractivity contribution < 1.29 is 0 Å². The van der Waals surface area contributed by atoms with Crippen molar-refractivity contribution in [3.05, 3.63) is 29.0 Å². The minimum Gasteiger partial charge on any atom is -0.310 e. The number of nitrogens with zero attached hydrogens (tertiary/aromatic N) is 3. The summed E-state index contributed by atoms with van der Waals surface area (Å²) in [6.07, 6.45) is 3.48. The van der Waals surface area contributed by atoms with Gasteiger partial charge in [-0.1, -0.05) is 13.8 Å². The first-order chi connectivity index (χ1) is 8.16. The fraction of sp³-hybridized carbons (Fsp3) is 0.417. The molecule has 2 rings (SSSR count). The second-order valence-electron chi connectivity index (χ2n) is 4.14. The molecule has 0 aliphatic rings. The third-order valence-electron chi connectivity index (χ3n) is 2.32. The third-order valence-corrected chi connectivity index (χ3v) is 3.47. The summed E-state index contributed by atoms with van der Waals surface area (Å²) in [5.74, 6) is 0.705. The smallest absolute Gasteiger partial charge is 0.188 e. The average molecular weight is 248 g/mol. The highest BCUT2D eigenvalue weighted by molar-refractivity contribution is 7.15. The van der Waals surface area contributed by atoms with E-state index in [1.165, 1.54) is 4.88 Å². The maximum absolute atomic E-state index is 4.51. The molecule has 0 unspecified atom stereocenters. The van der Waals surface area contributed by atoms with Crippen LogP contribution in [0.3, 0.4) is 0 Å². The fourth-order valence-electron chi connectivity index (χ4n) is 1.39. The lowest BCUT2D eigenvalue weighted by Crippen LogP contribution is -2.21. The van der Waals surface area contributed by atoms with Gasteiger partial charge in [-0.2, -0.15) is 0 Å². The van der Waals surface area contributed by atoms with E-state index >= 15 is 0 Å². The molecule has 2 heterocycles. The van der Waals surface area contributed by atoms with E-state index in [1.807, 2.05) is 13.0 Å². The summed E-state index contributed by atoms with van der Waals surface area (Å²) in [5, 5.41) is 4.29. The Morgan fingerprint density at radius 1 is 1.29 bits per heavy atom. The van der Waals surface area contributed by atoms with Crippen molar-refractivity contribution in [2.75, 3.05) is 0 Å². The van der Waals surface area contributed by atoms with Gasteiger partial charge < -0.3 is 5.32 Å². The Bertz CT molecular complexity index is 479. The molecule has 2 aromatic rings. The highest BCUT2D eigenvalue weighted by Crippen LogP contribution is 2.24. The summed E-state index contributed by atoms with van der Waals surface area (Å²) in [7, 11) is 0. The van der Waals surface area contributed by atoms with Crippen LogP contribution in [0.15, 0.2) is 18.5 Å². The van der Waals surface area contributed by atoms with Gasteiger partial charge in [0.25, 0.3) is 0 Å². The van der Waals surface area contributed by atoms with E-state index in [-0.39, 0.29) is 0 Å². The molecule has 17 heavy (non-hydrogen) atoms. The molecule has 1 N–H and O–H groups in total. The first-order valence-electron chi connectivity index (χ1n) is 5.64. The molecular formula is C12H16N4S. The molecule has 0 saturated carbocycles.